The van der Waals surface area contributed by atoms with Crippen molar-refractivity contribution in [1.82, 2.24) is 5.32 Å². The smallest absolute Gasteiger partial charge is 0.119 e. The number of benzene rings is 2. The van der Waals surface area contributed by atoms with Crippen molar-refractivity contribution in [3.05, 3.63) is 60.2 Å². The Labute approximate surface area is 108 Å². The van der Waals surface area contributed by atoms with Gasteiger partial charge in [0.25, 0.3) is 0 Å². The SMILES string of the molecule is Nc1ccccc1CNCCOc1ccccc1. The maximum atomic E-state index is 5.86. The van der Waals surface area contributed by atoms with E-state index in [2.05, 4.69) is 5.32 Å². The normalized spacial score (nSPS) is 10.2. The summed E-state index contributed by atoms with van der Waals surface area (Å²) in [7, 11) is 0. The van der Waals surface area contributed by atoms with Gasteiger partial charge in [0, 0.05) is 18.8 Å². The van der Waals surface area contributed by atoms with Gasteiger partial charge in [-0.15, -0.1) is 0 Å². The topological polar surface area (TPSA) is 47.3 Å². The molecule has 3 N–H and O–H groups in total. The van der Waals surface area contributed by atoms with Gasteiger partial charge in [-0.3, -0.25) is 0 Å². The molecule has 0 aliphatic carbocycles. The van der Waals surface area contributed by atoms with E-state index in [0.717, 1.165) is 30.1 Å². The first-order valence-electron chi connectivity index (χ1n) is 6.08. The minimum atomic E-state index is 0.650. The van der Waals surface area contributed by atoms with E-state index in [1.54, 1.807) is 0 Å². The van der Waals surface area contributed by atoms with Crippen LogP contribution < -0.4 is 15.8 Å². The molecule has 0 bridgehead atoms. The van der Waals surface area contributed by atoms with Crippen LogP contribution in [0.25, 0.3) is 0 Å². The Kier molecular flexibility index (Phi) is 4.61. The van der Waals surface area contributed by atoms with Crippen molar-refractivity contribution in [1.29, 1.82) is 0 Å². The quantitative estimate of drug-likeness (QED) is 0.604. The standard InChI is InChI=1S/C15H18N2O/c16-15-9-5-4-6-13(15)12-17-10-11-18-14-7-2-1-3-8-14/h1-9,17H,10-12,16H2. The van der Waals surface area contributed by atoms with Gasteiger partial charge in [-0.05, 0) is 23.8 Å². The Morgan fingerprint density at radius 2 is 1.67 bits per heavy atom. The largest absolute Gasteiger partial charge is 0.492 e. The summed E-state index contributed by atoms with van der Waals surface area (Å²) in [5.74, 6) is 0.901. The Hall–Kier alpha value is -2.00. The molecule has 0 aliphatic rings. The third-order valence-corrected chi connectivity index (χ3v) is 2.66. The zero-order valence-corrected chi connectivity index (χ0v) is 10.3. The van der Waals surface area contributed by atoms with Gasteiger partial charge in [0.05, 0.1) is 0 Å². The minimum absolute atomic E-state index is 0.650. The van der Waals surface area contributed by atoms with Gasteiger partial charge in [-0.1, -0.05) is 36.4 Å². The molecule has 3 heteroatoms. The van der Waals surface area contributed by atoms with Crippen LogP contribution in [0, 0.1) is 0 Å². The van der Waals surface area contributed by atoms with E-state index in [0.29, 0.717) is 6.61 Å². The van der Waals surface area contributed by atoms with Crippen LogP contribution in [0.3, 0.4) is 0 Å². The van der Waals surface area contributed by atoms with Gasteiger partial charge in [0.2, 0.25) is 0 Å². The molecule has 0 unspecified atom stereocenters. The lowest BCUT2D eigenvalue weighted by atomic mass is 10.2. The molecule has 0 aromatic heterocycles. The van der Waals surface area contributed by atoms with Crippen molar-refractivity contribution < 1.29 is 4.74 Å². The second kappa shape index (κ2) is 6.67. The van der Waals surface area contributed by atoms with E-state index in [4.69, 9.17) is 10.5 Å². The molecule has 0 spiro atoms. The van der Waals surface area contributed by atoms with Gasteiger partial charge in [0.15, 0.2) is 0 Å². The van der Waals surface area contributed by atoms with Crippen LogP contribution in [0.4, 0.5) is 5.69 Å². The van der Waals surface area contributed by atoms with Gasteiger partial charge in [0.1, 0.15) is 12.4 Å². The van der Waals surface area contributed by atoms with Crippen LogP contribution in [0.15, 0.2) is 54.6 Å². The molecule has 0 saturated heterocycles. The zero-order valence-electron chi connectivity index (χ0n) is 10.3. The summed E-state index contributed by atoms with van der Waals surface area (Å²) >= 11 is 0. The van der Waals surface area contributed by atoms with E-state index in [-0.39, 0.29) is 0 Å². The molecule has 0 heterocycles. The van der Waals surface area contributed by atoms with Crippen LogP contribution in [-0.2, 0) is 6.54 Å². The lowest BCUT2D eigenvalue weighted by molar-refractivity contribution is 0.313. The first kappa shape index (κ1) is 12.5. The molecule has 0 radical (unpaired) electrons. The highest BCUT2D eigenvalue weighted by Gasteiger charge is 1.97. The molecular weight excluding hydrogens is 224 g/mol. The number of hydrogen-bond acceptors (Lipinski definition) is 3. The number of rotatable bonds is 6. The van der Waals surface area contributed by atoms with Crippen LogP contribution in [-0.4, -0.2) is 13.2 Å². The van der Waals surface area contributed by atoms with E-state index < -0.39 is 0 Å². The lowest BCUT2D eigenvalue weighted by Gasteiger charge is -2.08. The molecule has 0 aliphatic heterocycles. The highest BCUT2D eigenvalue weighted by Crippen LogP contribution is 2.10. The molecule has 0 amide bonds. The number of ether oxygens (including phenoxy) is 1. The summed E-state index contributed by atoms with van der Waals surface area (Å²) in [6.45, 7) is 2.21. The number of nitrogens with one attached hydrogen (secondary N) is 1. The average molecular weight is 242 g/mol. The molecular formula is C15H18N2O. The van der Waals surface area contributed by atoms with Gasteiger partial charge < -0.3 is 15.8 Å². The summed E-state index contributed by atoms with van der Waals surface area (Å²) < 4.78 is 5.58. The summed E-state index contributed by atoms with van der Waals surface area (Å²) in [5.41, 5.74) is 7.81. The fourth-order valence-corrected chi connectivity index (χ4v) is 1.68. The summed E-state index contributed by atoms with van der Waals surface area (Å²) in [6.07, 6.45) is 0. The molecule has 3 nitrogen and oxygen atoms in total. The van der Waals surface area contributed by atoms with Crippen molar-refractivity contribution in [3.63, 3.8) is 0 Å². The highest BCUT2D eigenvalue weighted by molar-refractivity contribution is 5.46. The van der Waals surface area contributed by atoms with Gasteiger partial charge in [-0.2, -0.15) is 0 Å². The number of para-hydroxylation sites is 2. The Morgan fingerprint density at radius 3 is 2.44 bits per heavy atom. The maximum absolute atomic E-state index is 5.86. The molecule has 2 aromatic rings. The van der Waals surface area contributed by atoms with Crippen molar-refractivity contribution >= 4 is 5.69 Å². The second-order valence-corrected chi connectivity index (χ2v) is 4.04. The maximum Gasteiger partial charge on any atom is 0.119 e. The third-order valence-electron chi connectivity index (χ3n) is 2.66. The summed E-state index contributed by atoms with van der Waals surface area (Å²) in [5, 5.41) is 3.31. The number of nitrogens with two attached hydrogens (primary N) is 1. The number of anilines is 1. The zero-order chi connectivity index (χ0) is 12.6. The first-order valence-corrected chi connectivity index (χ1v) is 6.08. The molecule has 2 rings (SSSR count). The number of nitrogen functional groups attached to an aromatic ring is 1. The van der Waals surface area contributed by atoms with Crippen LogP contribution in [0.5, 0.6) is 5.75 Å². The van der Waals surface area contributed by atoms with E-state index >= 15 is 0 Å². The molecule has 0 saturated carbocycles. The van der Waals surface area contributed by atoms with Crippen molar-refractivity contribution in [3.8, 4) is 5.75 Å². The Bertz CT molecular complexity index is 471. The Morgan fingerprint density at radius 1 is 0.944 bits per heavy atom. The van der Waals surface area contributed by atoms with Crippen LogP contribution >= 0.6 is 0 Å². The second-order valence-electron chi connectivity index (χ2n) is 4.04. The van der Waals surface area contributed by atoms with Crippen LogP contribution in [0.2, 0.25) is 0 Å². The van der Waals surface area contributed by atoms with E-state index in [9.17, 15) is 0 Å². The monoisotopic (exact) mass is 242 g/mol. The molecule has 0 atom stereocenters. The first-order chi connectivity index (χ1) is 8.86. The average Bonchev–Trinajstić information content (AvgIpc) is 2.42. The predicted octanol–water partition coefficient (Wildman–Crippen LogP) is 2.44. The summed E-state index contributed by atoms with van der Waals surface area (Å²) in [6, 6.07) is 17.7. The third kappa shape index (κ3) is 3.79. The van der Waals surface area contributed by atoms with E-state index in [1.165, 1.54) is 0 Å². The highest BCUT2D eigenvalue weighted by atomic mass is 16.5. The lowest BCUT2D eigenvalue weighted by Crippen LogP contribution is -2.21. The van der Waals surface area contributed by atoms with Gasteiger partial charge >= 0.3 is 0 Å². The Balaban J connectivity index is 1.66. The fourth-order valence-electron chi connectivity index (χ4n) is 1.68. The van der Waals surface area contributed by atoms with Crippen molar-refractivity contribution in [2.24, 2.45) is 0 Å². The molecule has 94 valence electrons. The van der Waals surface area contributed by atoms with Crippen molar-refractivity contribution in [2.45, 2.75) is 6.54 Å². The van der Waals surface area contributed by atoms with Crippen LogP contribution in [0.1, 0.15) is 5.56 Å². The molecule has 0 fully saturated rings. The van der Waals surface area contributed by atoms with E-state index in [1.807, 2.05) is 54.6 Å². The van der Waals surface area contributed by atoms with Gasteiger partial charge in [-0.25, -0.2) is 0 Å². The molecule has 2 aromatic carbocycles. The van der Waals surface area contributed by atoms with Crippen molar-refractivity contribution in [2.75, 3.05) is 18.9 Å². The number of hydrogen-bond donors (Lipinski definition) is 2. The predicted molar refractivity (Wildman–Crippen MR) is 74.5 cm³/mol. The minimum Gasteiger partial charge on any atom is -0.492 e. The summed E-state index contributed by atoms with van der Waals surface area (Å²) in [4.78, 5) is 0. The molecule has 18 heavy (non-hydrogen) atoms. The fraction of sp³-hybridized carbons (Fsp3) is 0.200.